The van der Waals surface area contributed by atoms with Crippen LogP contribution in [0.3, 0.4) is 0 Å². The predicted molar refractivity (Wildman–Crippen MR) is 67.0 cm³/mol. The van der Waals surface area contributed by atoms with Gasteiger partial charge in [0, 0.05) is 12.3 Å². The van der Waals surface area contributed by atoms with Crippen molar-refractivity contribution in [1.82, 2.24) is 4.98 Å². The molecule has 0 aliphatic carbocycles. The lowest BCUT2D eigenvalue weighted by molar-refractivity contribution is -0.385. The van der Waals surface area contributed by atoms with Crippen molar-refractivity contribution in [2.75, 3.05) is 5.32 Å². The standard InChI is InChI=1S/C12H9N3O4/c16-11-9(4-1-5-10(11)15(18)19)12(17)14-8-3-2-6-13-7-8/h1-7,16H,(H,14,17). The smallest absolute Gasteiger partial charge is 0.311 e. The van der Waals surface area contributed by atoms with E-state index < -0.39 is 22.3 Å². The number of rotatable bonds is 3. The Morgan fingerprint density at radius 3 is 2.74 bits per heavy atom. The summed E-state index contributed by atoms with van der Waals surface area (Å²) in [6.07, 6.45) is 2.97. The quantitative estimate of drug-likeness (QED) is 0.647. The Labute approximate surface area is 107 Å². The second-order valence-electron chi connectivity index (χ2n) is 3.63. The molecule has 1 aromatic carbocycles. The van der Waals surface area contributed by atoms with Gasteiger partial charge in [0.1, 0.15) is 0 Å². The maximum absolute atomic E-state index is 11.9. The van der Waals surface area contributed by atoms with Crippen molar-refractivity contribution in [3.8, 4) is 5.75 Å². The van der Waals surface area contributed by atoms with E-state index in [1.807, 2.05) is 0 Å². The van der Waals surface area contributed by atoms with Crippen molar-refractivity contribution in [3.63, 3.8) is 0 Å². The van der Waals surface area contributed by atoms with E-state index in [2.05, 4.69) is 10.3 Å². The summed E-state index contributed by atoms with van der Waals surface area (Å²) in [7, 11) is 0. The first-order valence-electron chi connectivity index (χ1n) is 5.27. The lowest BCUT2D eigenvalue weighted by Gasteiger charge is -2.06. The molecule has 0 aliphatic heterocycles. The summed E-state index contributed by atoms with van der Waals surface area (Å²) < 4.78 is 0. The number of benzene rings is 1. The van der Waals surface area contributed by atoms with Crippen molar-refractivity contribution in [2.24, 2.45) is 0 Å². The Kier molecular flexibility index (Phi) is 3.37. The van der Waals surface area contributed by atoms with E-state index >= 15 is 0 Å². The molecule has 1 heterocycles. The fourth-order valence-electron chi connectivity index (χ4n) is 1.50. The SMILES string of the molecule is O=C(Nc1cccnc1)c1cccc([N+](=O)[O-])c1O. The fourth-order valence-corrected chi connectivity index (χ4v) is 1.50. The number of phenols is 1. The first-order valence-corrected chi connectivity index (χ1v) is 5.27. The van der Waals surface area contributed by atoms with E-state index in [1.54, 1.807) is 18.3 Å². The summed E-state index contributed by atoms with van der Waals surface area (Å²) in [4.78, 5) is 25.6. The largest absolute Gasteiger partial charge is 0.502 e. The zero-order valence-corrected chi connectivity index (χ0v) is 9.61. The van der Waals surface area contributed by atoms with Gasteiger partial charge in [-0.05, 0) is 18.2 Å². The minimum absolute atomic E-state index is 0.168. The van der Waals surface area contributed by atoms with Crippen LogP contribution in [-0.4, -0.2) is 20.9 Å². The third-order valence-electron chi connectivity index (χ3n) is 2.38. The van der Waals surface area contributed by atoms with Gasteiger partial charge in [-0.3, -0.25) is 19.9 Å². The molecule has 0 aliphatic rings. The molecule has 2 rings (SSSR count). The normalized spacial score (nSPS) is 9.89. The Hall–Kier alpha value is -2.96. The highest BCUT2D eigenvalue weighted by molar-refractivity contribution is 6.06. The number of nitro groups is 1. The first kappa shape index (κ1) is 12.5. The summed E-state index contributed by atoms with van der Waals surface area (Å²) in [5.74, 6) is -1.30. The second kappa shape index (κ2) is 5.13. The Bertz CT molecular complexity index is 628. The number of aromatic hydroxyl groups is 1. The number of nitro benzene ring substituents is 1. The van der Waals surface area contributed by atoms with Gasteiger partial charge in [0.2, 0.25) is 5.75 Å². The number of amides is 1. The van der Waals surface area contributed by atoms with Crippen LogP contribution in [0.25, 0.3) is 0 Å². The summed E-state index contributed by atoms with van der Waals surface area (Å²) >= 11 is 0. The number of pyridine rings is 1. The summed E-state index contributed by atoms with van der Waals surface area (Å²) in [5, 5.41) is 22.8. The van der Waals surface area contributed by atoms with Crippen molar-refractivity contribution < 1.29 is 14.8 Å². The van der Waals surface area contributed by atoms with Gasteiger partial charge >= 0.3 is 5.69 Å². The van der Waals surface area contributed by atoms with E-state index in [4.69, 9.17) is 0 Å². The molecule has 0 saturated carbocycles. The molecule has 0 bridgehead atoms. The maximum Gasteiger partial charge on any atom is 0.311 e. The molecule has 0 saturated heterocycles. The molecule has 0 fully saturated rings. The summed E-state index contributed by atoms with van der Waals surface area (Å²) in [5.41, 5.74) is -0.254. The molecule has 0 spiro atoms. The number of phenolic OH excluding ortho intramolecular Hbond substituents is 1. The number of anilines is 1. The van der Waals surface area contributed by atoms with Crippen molar-refractivity contribution in [3.05, 3.63) is 58.4 Å². The Morgan fingerprint density at radius 1 is 1.32 bits per heavy atom. The lowest BCUT2D eigenvalue weighted by Crippen LogP contribution is -2.12. The predicted octanol–water partition coefficient (Wildman–Crippen LogP) is 1.95. The van der Waals surface area contributed by atoms with Crippen LogP contribution >= 0.6 is 0 Å². The molecule has 96 valence electrons. The monoisotopic (exact) mass is 259 g/mol. The molecule has 7 heteroatoms. The number of carbonyl (C=O) groups excluding carboxylic acids is 1. The lowest BCUT2D eigenvalue weighted by atomic mass is 10.1. The highest BCUT2D eigenvalue weighted by atomic mass is 16.6. The molecule has 0 atom stereocenters. The average molecular weight is 259 g/mol. The molecule has 7 nitrogen and oxygen atoms in total. The summed E-state index contributed by atoms with van der Waals surface area (Å²) in [6.45, 7) is 0. The number of hydrogen-bond acceptors (Lipinski definition) is 5. The van der Waals surface area contributed by atoms with Crippen LogP contribution in [0.2, 0.25) is 0 Å². The van der Waals surface area contributed by atoms with E-state index in [1.165, 1.54) is 18.3 Å². The zero-order valence-electron chi connectivity index (χ0n) is 9.61. The molecule has 1 amide bonds. The Balaban J connectivity index is 2.30. The minimum atomic E-state index is -0.754. The van der Waals surface area contributed by atoms with Crippen LogP contribution in [0, 0.1) is 10.1 Å². The highest BCUT2D eigenvalue weighted by Gasteiger charge is 2.20. The molecular weight excluding hydrogens is 250 g/mol. The topological polar surface area (TPSA) is 105 Å². The highest BCUT2D eigenvalue weighted by Crippen LogP contribution is 2.29. The van der Waals surface area contributed by atoms with Crippen LogP contribution in [0.15, 0.2) is 42.7 Å². The third-order valence-corrected chi connectivity index (χ3v) is 2.38. The first-order chi connectivity index (χ1) is 9.09. The van der Waals surface area contributed by atoms with Gasteiger partial charge in [0.05, 0.1) is 22.4 Å². The van der Waals surface area contributed by atoms with Gasteiger partial charge in [0.15, 0.2) is 0 Å². The van der Waals surface area contributed by atoms with Gasteiger partial charge in [-0.1, -0.05) is 6.07 Å². The fraction of sp³-hybridized carbons (Fsp3) is 0. The number of nitrogens with one attached hydrogen (secondary N) is 1. The number of carbonyl (C=O) groups is 1. The molecular formula is C12H9N3O4. The van der Waals surface area contributed by atoms with E-state index in [9.17, 15) is 20.0 Å². The minimum Gasteiger partial charge on any atom is -0.502 e. The summed E-state index contributed by atoms with van der Waals surface area (Å²) in [6, 6.07) is 6.99. The van der Waals surface area contributed by atoms with E-state index in [0.717, 1.165) is 6.07 Å². The van der Waals surface area contributed by atoms with Gasteiger partial charge in [-0.15, -0.1) is 0 Å². The van der Waals surface area contributed by atoms with E-state index in [-0.39, 0.29) is 5.56 Å². The van der Waals surface area contributed by atoms with Crippen LogP contribution < -0.4 is 5.32 Å². The molecule has 19 heavy (non-hydrogen) atoms. The molecule has 0 radical (unpaired) electrons. The van der Waals surface area contributed by atoms with Crippen LogP contribution in [-0.2, 0) is 0 Å². The number of para-hydroxylation sites is 1. The van der Waals surface area contributed by atoms with Crippen LogP contribution in [0.1, 0.15) is 10.4 Å². The van der Waals surface area contributed by atoms with Crippen LogP contribution in [0.5, 0.6) is 5.75 Å². The number of hydrogen-bond donors (Lipinski definition) is 2. The van der Waals surface area contributed by atoms with Crippen molar-refractivity contribution >= 4 is 17.3 Å². The number of aromatic nitrogens is 1. The molecule has 1 aromatic heterocycles. The average Bonchev–Trinajstić information content (AvgIpc) is 2.39. The van der Waals surface area contributed by atoms with E-state index in [0.29, 0.717) is 5.69 Å². The second-order valence-corrected chi connectivity index (χ2v) is 3.63. The molecule has 2 aromatic rings. The van der Waals surface area contributed by atoms with Gasteiger partial charge in [-0.2, -0.15) is 0 Å². The van der Waals surface area contributed by atoms with Crippen LogP contribution in [0.4, 0.5) is 11.4 Å². The Morgan fingerprint density at radius 2 is 2.11 bits per heavy atom. The van der Waals surface area contributed by atoms with Gasteiger partial charge < -0.3 is 10.4 Å². The van der Waals surface area contributed by atoms with Crippen molar-refractivity contribution in [1.29, 1.82) is 0 Å². The number of nitrogens with zero attached hydrogens (tertiary/aromatic N) is 2. The molecule has 0 unspecified atom stereocenters. The zero-order chi connectivity index (χ0) is 13.8. The van der Waals surface area contributed by atoms with Crippen molar-refractivity contribution in [2.45, 2.75) is 0 Å². The van der Waals surface area contributed by atoms with Gasteiger partial charge in [-0.25, -0.2) is 0 Å². The van der Waals surface area contributed by atoms with Gasteiger partial charge in [0.25, 0.3) is 5.91 Å². The third kappa shape index (κ3) is 2.65. The maximum atomic E-state index is 11.9. The molecule has 2 N–H and O–H groups in total.